The van der Waals surface area contributed by atoms with E-state index in [9.17, 15) is 10.1 Å². The van der Waals surface area contributed by atoms with E-state index in [1.165, 1.54) is 17.7 Å². The van der Waals surface area contributed by atoms with Crippen molar-refractivity contribution in [2.45, 2.75) is 31.9 Å². The van der Waals surface area contributed by atoms with Gasteiger partial charge in [0.05, 0.1) is 24.7 Å². The van der Waals surface area contributed by atoms with Gasteiger partial charge in [-0.15, -0.1) is 24.0 Å². The molecule has 0 amide bonds. The van der Waals surface area contributed by atoms with Crippen molar-refractivity contribution in [2.75, 3.05) is 26.8 Å². The molecule has 1 atom stereocenters. The van der Waals surface area contributed by atoms with Crippen LogP contribution in [0.15, 0.2) is 53.5 Å². The number of guanidine groups is 1. The van der Waals surface area contributed by atoms with Gasteiger partial charge in [0.15, 0.2) is 5.96 Å². The number of hydrogen-bond donors (Lipinski definition) is 2. The number of nitro groups is 1. The number of nitro benzene ring substituents is 1. The highest BCUT2D eigenvalue weighted by Crippen LogP contribution is 2.13. The summed E-state index contributed by atoms with van der Waals surface area (Å²) in [6, 6.07) is 14.5. The van der Waals surface area contributed by atoms with Crippen LogP contribution in [0.25, 0.3) is 0 Å². The van der Waals surface area contributed by atoms with E-state index in [1.54, 1.807) is 19.2 Å². The topological polar surface area (TPSA) is 98.0 Å². The third-order valence-corrected chi connectivity index (χ3v) is 4.95. The molecule has 3 rings (SSSR count). The van der Waals surface area contributed by atoms with Gasteiger partial charge in [-0.05, 0) is 42.5 Å². The van der Waals surface area contributed by atoms with E-state index in [0.717, 1.165) is 43.7 Å². The van der Waals surface area contributed by atoms with Crippen LogP contribution in [-0.2, 0) is 17.7 Å². The summed E-state index contributed by atoms with van der Waals surface area (Å²) < 4.78 is 10.9. The first-order valence-electron chi connectivity index (χ1n) is 10.1. The summed E-state index contributed by atoms with van der Waals surface area (Å²) >= 11 is 0. The van der Waals surface area contributed by atoms with Gasteiger partial charge in [-0.25, -0.2) is 4.99 Å². The predicted octanol–water partition coefficient (Wildman–Crippen LogP) is 3.68. The van der Waals surface area contributed by atoms with E-state index in [1.807, 2.05) is 24.3 Å². The summed E-state index contributed by atoms with van der Waals surface area (Å²) in [5.74, 6) is 1.55. The van der Waals surface area contributed by atoms with Crippen molar-refractivity contribution >= 4 is 35.6 Å². The Morgan fingerprint density at radius 1 is 1.16 bits per heavy atom. The van der Waals surface area contributed by atoms with Crippen molar-refractivity contribution in [1.29, 1.82) is 0 Å². The van der Waals surface area contributed by atoms with Gasteiger partial charge in [-0.1, -0.05) is 24.3 Å². The van der Waals surface area contributed by atoms with E-state index in [2.05, 4.69) is 15.6 Å². The Balaban J connectivity index is 0.00000341. The van der Waals surface area contributed by atoms with Crippen molar-refractivity contribution < 1.29 is 14.4 Å². The molecule has 2 N–H and O–H groups in total. The minimum atomic E-state index is -0.400. The molecule has 1 fully saturated rings. The Hall–Kier alpha value is -2.40. The number of hydrogen-bond acceptors (Lipinski definition) is 5. The highest BCUT2D eigenvalue weighted by atomic mass is 127. The third-order valence-electron chi connectivity index (χ3n) is 4.95. The van der Waals surface area contributed by atoms with Crippen LogP contribution >= 0.6 is 24.0 Å². The van der Waals surface area contributed by atoms with Crippen LogP contribution in [0, 0.1) is 10.1 Å². The molecule has 8 nitrogen and oxygen atoms in total. The third kappa shape index (κ3) is 8.33. The van der Waals surface area contributed by atoms with E-state index in [0.29, 0.717) is 19.0 Å². The minimum Gasteiger partial charge on any atom is -0.497 e. The summed E-state index contributed by atoms with van der Waals surface area (Å²) in [6.45, 7) is 2.67. The Kier molecular flexibility index (Phi) is 10.5. The van der Waals surface area contributed by atoms with Gasteiger partial charge >= 0.3 is 0 Å². The van der Waals surface area contributed by atoms with Crippen LogP contribution in [0.2, 0.25) is 0 Å². The quantitative estimate of drug-likeness (QED) is 0.166. The fraction of sp³-hybridized carbons (Fsp3) is 0.409. The molecule has 0 radical (unpaired) electrons. The van der Waals surface area contributed by atoms with Crippen molar-refractivity contribution in [1.82, 2.24) is 10.6 Å². The van der Waals surface area contributed by atoms with Crippen molar-refractivity contribution in [2.24, 2.45) is 4.99 Å². The number of halogens is 1. The molecule has 1 unspecified atom stereocenters. The molecule has 1 aliphatic heterocycles. The number of ether oxygens (including phenoxy) is 2. The van der Waals surface area contributed by atoms with Crippen molar-refractivity contribution in [3.8, 4) is 5.75 Å². The highest BCUT2D eigenvalue weighted by molar-refractivity contribution is 14.0. The SMILES string of the molecule is COc1ccc(CCNC(=NCc2ccc([N+](=O)[O-])cc2)NCC2CCCO2)cc1.I. The maximum Gasteiger partial charge on any atom is 0.269 e. The molecule has 0 aromatic heterocycles. The molecule has 0 bridgehead atoms. The molecule has 0 aliphatic carbocycles. The molecule has 31 heavy (non-hydrogen) atoms. The predicted molar refractivity (Wildman–Crippen MR) is 131 cm³/mol. The van der Waals surface area contributed by atoms with Gasteiger partial charge in [-0.2, -0.15) is 0 Å². The lowest BCUT2D eigenvalue weighted by atomic mass is 10.1. The number of nitrogens with one attached hydrogen (secondary N) is 2. The maximum absolute atomic E-state index is 10.8. The first kappa shape index (κ1) is 24.9. The number of nitrogens with zero attached hydrogens (tertiary/aromatic N) is 2. The number of methoxy groups -OCH3 is 1. The monoisotopic (exact) mass is 540 g/mol. The zero-order chi connectivity index (χ0) is 21.2. The molecule has 168 valence electrons. The van der Waals surface area contributed by atoms with Crippen molar-refractivity contribution in [3.05, 3.63) is 69.8 Å². The largest absolute Gasteiger partial charge is 0.497 e. The second-order valence-electron chi connectivity index (χ2n) is 7.13. The minimum absolute atomic E-state index is 0. The lowest BCUT2D eigenvalue weighted by Crippen LogP contribution is -2.41. The molecule has 0 saturated carbocycles. The Morgan fingerprint density at radius 3 is 2.48 bits per heavy atom. The van der Waals surface area contributed by atoms with Crippen LogP contribution in [-0.4, -0.2) is 43.8 Å². The second kappa shape index (κ2) is 13.1. The van der Waals surface area contributed by atoms with Gasteiger partial charge in [0.2, 0.25) is 0 Å². The fourth-order valence-electron chi connectivity index (χ4n) is 3.20. The zero-order valence-electron chi connectivity index (χ0n) is 17.6. The van der Waals surface area contributed by atoms with E-state index >= 15 is 0 Å². The number of aliphatic imine (C=N–C) groups is 1. The number of benzene rings is 2. The second-order valence-corrected chi connectivity index (χ2v) is 7.13. The Labute approximate surface area is 199 Å². The first-order chi connectivity index (χ1) is 14.6. The number of non-ortho nitro benzene ring substituents is 1. The summed E-state index contributed by atoms with van der Waals surface area (Å²) in [7, 11) is 1.66. The molecule has 1 heterocycles. The Bertz CT molecular complexity index is 838. The van der Waals surface area contributed by atoms with Gasteiger partial charge in [0.1, 0.15) is 5.75 Å². The van der Waals surface area contributed by atoms with Crippen molar-refractivity contribution in [3.63, 3.8) is 0 Å². The molecule has 2 aromatic rings. The van der Waals surface area contributed by atoms with Gasteiger partial charge in [0.25, 0.3) is 5.69 Å². The van der Waals surface area contributed by atoms with Crippen LogP contribution in [0.4, 0.5) is 5.69 Å². The normalized spacial score (nSPS) is 15.8. The molecular weight excluding hydrogens is 511 g/mol. The molecule has 1 aliphatic rings. The van der Waals surface area contributed by atoms with Gasteiger partial charge < -0.3 is 20.1 Å². The van der Waals surface area contributed by atoms with Crippen LogP contribution < -0.4 is 15.4 Å². The average Bonchev–Trinajstić information content (AvgIpc) is 3.29. The Morgan fingerprint density at radius 2 is 1.87 bits per heavy atom. The smallest absolute Gasteiger partial charge is 0.269 e. The summed E-state index contributed by atoms with van der Waals surface area (Å²) in [5.41, 5.74) is 2.20. The highest BCUT2D eigenvalue weighted by Gasteiger charge is 2.15. The molecule has 9 heteroatoms. The molecule has 0 spiro atoms. The van der Waals surface area contributed by atoms with E-state index in [4.69, 9.17) is 9.47 Å². The lowest BCUT2D eigenvalue weighted by molar-refractivity contribution is -0.384. The number of rotatable bonds is 9. The molecular formula is C22H29IN4O4. The first-order valence-corrected chi connectivity index (χ1v) is 10.1. The van der Waals surface area contributed by atoms with Gasteiger partial charge in [-0.3, -0.25) is 10.1 Å². The van der Waals surface area contributed by atoms with Crippen LogP contribution in [0.1, 0.15) is 24.0 Å². The fourth-order valence-corrected chi connectivity index (χ4v) is 3.20. The molecule has 1 saturated heterocycles. The van der Waals surface area contributed by atoms with Gasteiger partial charge in [0, 0.05) is 31.8 Å². The standard InChI is InChI=1S/C22H28N4O4.HI/c1-29-20-10-6-17(7-11-20)12-13-23-22(25-16-21-3-2-14-30-21)24-15-18-4-8-19(9-5-18)26(27)28;/h4-11,21H,2-3,12-16H2,1H3,(H2,23,24,25);1H. The average molecular weight is 540 g/mol. The van der Waals surface area contributed by atoms with E-state index in [-0.39, 0.29) is 35.8 Å². The lowest BCUT2D eigenvalue weighted by Gasteiger charge is -2.16. The molecule has 2 aromatic carbocycles. The summed E-state index contributed by atoms with van der Waals surface area (Å²) in [4.78, 5) is 15.0. The zero-order valence-corrected chi connectivity index (χ0v) is 19.9. The van der Waals surface area contributed by atoms with E-state index < -0.39 is 4.92 Å². The summed E-state index contributed by atoms with van der Waals surface area (Å²) in [6.07, 6.45) is 3.20. The van der Waals surface area contributed by atoms with Crippen LogP contribution in [0.3, 0.4) is 0 Å². The summed E-state index contributed by atoms with van der Waals surface area (Å²) in [5, 5.41) is 17.5. The maximum atomic E-state index is 10.8. The van der Waals surface area contributed by atoms with Crippen LogP contribution in [0.5, 0.6) is 5.75 Å².